The molecule has 0 fully saturated rings. The van der Waals surface area contributed by atoms with Crippen LogP contribution in [0.4, 0.5) is 13.2 Å². The van der Waals surface area contributed by atoms with Crippen LogP contribution in [0.1, 0.15) is 66.7 Å². The van der Waals surface area contributed by atoms with Crippen LogP contribution in [0.3, 0.4) is 0 Å². The maximum atomic E-state index is 12.6. The molecule has 0 aliphatic rings. The van der Waals surface area contributed by atoms with E-state index in [4.69, 9.17) is 14.3 Å². The first-order valence-corrected chi connectivity index (χ1v) is 10.8. The van der Waals surface area contributed by atoms with Crippen molar-refractivity contribution >= 4 is 14.4 Å². The number of nitriles is 1. The van der Waals surface area contributed by atoms with E-state index in [2.05, 4.69) is 0 Å². The van der Waals surface area contributed by atoms with E-state index in [-0.39, 0.29) is 31.7 Å². The molecular weight excluding hydrogens is 394 g/mol. The molecule has 2 atom stereocenters. The normalized spacial score (nSPS) is 14.4. The van der Waals surface area contributed by atoms with Gasteiger partial charge in [0, 0.05) is 12.1 Å². The summed E-state index contributed by atoms with van der Waals surface area (Å²) in [5.41, 5.74) is 0. The number of alkyl halides is 3. The molecule has 0 aromatic heterocycles. The van der Waals surface area contributed by atoms with Crippen LogP contribution in [0, 0.1) is 11.3 Å². The van der Waals surface area contributed by atoms with Gasteiger partial charge in [-0.05, 0) is 34.1 Å². The fourth-order valence-electron chi connectivity index (χ4n) is 2.57. The van der Waals surface area contributed by atoms with Gasteiger partial charge in [0.05, 0.1) is 31.7 Å². The summed E-state index contributed by atoms with van der Waals surface area (Å²) in [6.07, 6.45) is -1.89. The monoisotopic (exact) mass is 427 g/mol. The zero-order valence-electron chi connectivity index (χ0n) is 17.4. The van der Waals surface area contributed by atoms with Gasteiger partial charge < -0.3 is 14.4 Å². The van der Waals surface area contributed by atoms with Crippen molar-refractivity contribution in [3.63, 3.8) is 0 Å². The van der Waals surface area contributed by atoms with Gasteiger partial charge >= 0.3 is 12.1 Å². The van der Waals surface area contributed by atoms with E-state index in [9.17, 15) is 18.0 Å². The average Bonchev–Trinajstić information content (AvgIpc) is 2.57. The second-order valence-electron chi connectivity index (χ2n) is 7.01. The van der Waals surface area contributed by atoms with Crippen molar-refractivity contribution in [2.75, 3.05) is 13.2 Å². The van der Waals surface area contributed by atoms with Crippen molar-refractivity contribution in [3.05, 3.63) is 0 Å². The molecule has 0 saturated carbocycles. The summed E-state index contributed by atoms with van der Waals surface area (Å²) in [6, 6.07) is 1.39. The molecule has 0 radical (unpaired) electrons. The van der Waals surface area contributed by atoms with Gasteiger partial charge in [-0.1, -0.05) is 26.2 Å². The Labute approximate surface area is 167 Å². The molecule has 0 aliphatic heterocycles. The Morgan fingerprint density at radius 2 is 1.79 bits per heavy atom. The fraction of sp³-hybridized carbons (Fsp3) is 0.889. The van der Waals surface area contributed by atoms with E-state index < -0.39 is 26.7 Å². The Morgan fingerprint density at radius 1 is 1.18 bits per heavy atom. The Morgan fingerprint density at radius 3 is 2.25 bits per heavy atom. The molecule has 0 heterocycles. The Balaban J connectivity index is 5.13. The summed E-state index contributed by atoms with van der Waals surface area (Å²) in [7, 11) is -1.57. The standard InChI is InChI=1S/C18H33F3N3O3P/c1-6-7-8-10-16(23-17(25)18(19,20)21)13-27-28(26-12-9-11-22)24(14(2)3)15(4)5/h14-16H,6-10,12-13H2,1-5H3,(H,23,25)/t16-,28?/m0/s1. The molecule has 0 rings (SSSR count). The number of nitrogens with one attached hydrogen (secondary N) is 1. The third-order valence-electron chi connectivity index (χ3n) is 3.80. The maximum Gasteiger partial charge on any atom is 0.471 e. The van der Waals surface area contributed by atoms with Gasteiger partial charge in [0.25, 0.3) is 8.53 Å². The molecule has 28 heavy (non-hydrogen) atoms. The Kier molecular flexibility index (Phi) is 13.6. The number of nitrogens with zero attached hydrogens (tertiary/aromatic N) is 2. The van der Waals surface area contributed by atoms with Crippen LogP contribution < -0.4 is 5.32 Å². The van der Waals surface area contributed by atoms with Gasteiger partial charge in [-0.15, -0.1) is 0 Å². The topological polar surface area (TPSA) is 74.6 Å². The van der Waals surface area contributed by atoms with Crippen LogP contribution >= 0.6 is 8.53 Å². The van der Waals surface area contributed by atoms with Crippen molar-refractivity contribution in [1.82, 2.24) is 9.99 Å². The van der Waals surface area contributed by atoms with Gasteiger partial charge in [-0.25, -0.2) is 4.67 Å². The highest BCUT2D eigenvalue weighted by Crippen LogP contribution is 2.46. The molecule has 6 nitrogen and oxygen atoms in total. The molecule has 0 aromatic rings. The predicted molar refractivity (Wildman–Crippen MR) is 103 cm³/mol. The smallest absolute Gasteiger partial charge is 0.343 e. The largest absolute Gasteiger partial charge is 0.471 e. The molecule has 1 unspecified atom stereocenters. The minimum Gasteiger partial charge on any atom is -0.343 e. The zero-order chi connectivity index (χ0) is 21.7. The number of amides is 1. The summed E-state index contributed by atoms with van der Waals surface area (Å²) >= 11 is 0. The van der Waals surface area contributed by atoms with E-state index >= 15 is 0 Å². The third kappa shape index (κ3) is 11.2. The van der Waals surface area contributed by atoms with Crippen LogP contribution in [-0.2, 0) is 13.8 Å². The molecule has 0 aromatic carbocycles. The van der Waals surface area contributed by atoms with Gasteiger partial charge in [-0.2, -0.15) is 18.4 Å². The number of carbonyl (C=O) groups excluding carboxylic acids is 1. The molecule has 0 bridgehead atoms. The molecule has 0 saturated heterocycles. The zero-order valence-corrected chi connectivity index (χ0v) is 18.3. The lowest BCUT2D eigenvalue weighted by molar-refractivity contribution is -0.174. The maximum absolute atomic E-state index is 12.6. The van der Waals surface area contributed by atoms with Gasteiger partial charge in [0.2, 0.25) is 0 Å². The number of carbonyl (C=O) groups is 1. The van der Waals surface area contributed by atoms with E-state index in [1.165, 1.54) is 0 Å². The highest BCUT2D eigenvalue weighted by molar-refractivity contribution is 7.44. The second-order valence-corrected chi connectivity index (χ2v) is 8.46. The lowest BCUT2D eigenvalue weighted by Gasteiger charge is -2.36. The first-order chi connectivity index (χ1) is 13.0. The van der Waals surface area contributed by atoms with E-state index in [1.54, 1.807) is 0 Å². The van der Waals surface area contributed by atoms with Crippen molar-refractivity contribution in [3.8, 4) is 6.07 Å². The van der Waals surface area contributed by atoms with Gasteiger partial charge in [0.1, 0.15) is 0 Å². The summed E-state index contributed by atoms with van der Waals surface area (Å²) < 4.78 is 51.5. The van der Waals surface area contributed by atoms with Crippen LogP contribution in [0.15, 0.2) is 0 Å². The molecule has 164 valence electrons. The molecular formula is C18H33F3N3O3P. The summed E-state index contributed by atoms with van der Waals surface area (Å²) in [6.45, 7) is 9.96. The third-order valence-corrected chi connectivity index (χ3v) is 5.87. The Hall–Kier alpha value is -0.940. The van der Waals surface area contributed by atoms with Crippen molar-refractivity contribution in [1.29, 1.82) is 5.26 Å². The number of unbranched alkanes of at least 4 members (excludes halogenated alkanes) is 2. The van der Waals surface area contributed by atoms with E-state index in [0.717, 1.165) is 12.8 Å². The van der Waals surface area contributed by atoms with E-state index in [1.807, 2.05) is 50.7 Å². The predicted octanol–water partition coefficient (Wildman–Crippen LogP) is 4.91. The minimum absolute atomic E-state index is 0.0801. The lowest BCUT2D eigenvalue weighted by atomic mass is 10.1. The van der Waals surface area contributed by atoms with Crippen LogP contribution in [0.25, 0.3) is 0 Å². The number of hydrogen-bond donors (Lipinski definition) is 1. The minimum atomic E-state index is -4.93. The molecule has 0 spiro atoms. The summed E-state index contributed by atoms with van der Waals surface area (Å²) in [5, 5.41) is 10.7. The molecule has 0 aliphatic carbocycles. The van der Waals surface area contributed by atoms with Crippen LogP contribution in [0.5, 0.6) is 0 Å². The second kappa shape index (κ2) is 14.1. The van der Waals surface area contributed by atoms with Crippen LogP contribution in [-0.4, -0.2) is 48.1 Å². The highest BCUT2D eigenvalue weighted by atomic mass is 31.2. The highest BCUT2D eigenvalue weighted by Gasteiger charge is 2.40. The van der Waals surface area contributed by atoms with Crippen molar-refractivity contribution < 1.29 is 27.0 Å². The molecule has 1 amide bonds. The average molecular weight is 427 g/mol. The summed E-state index contributed by atoms with van der Waals surface area (Å²) in [5.74, 6) is -1.96. The number of hydrogen-bond acceptors (Lipinski definition) is 5. The summed E-state index contributed by atoms with van der Waals surface area (Å²) in [4.78, 5) is 11.3. The SMILES string of the molecule is CCCCC[C@@H](COP(OCCC#N)N(C(C)C)C(C)C)NC(=O)C(F)(F)F. The van der Waals surface area contributed by atoms with E-state index in [0.29, 0.717) is 12.8 Å². The van der Waals surface area contributed by atoms with Crippen molar-refractivity contribution in [2.24, 2.45) is 0 Å². The quantitative estimate of drug-likeness (QED) is 0.315. The lowest BCUT2D eigenvalue weighted by Crippen LogP contribution is -2.45. The van der Waals surface area contributed by atoms with Crippen molar-refractivity contribution in [2.45, 2.75) is 91.0 Å². The fourth-order valence-corrected chi connectivity index (χ4v) is 4.22. The molecule has 10 heteroatoms. The number of rotatable bonds is 14. The van der Waals surface area contributed by atoms with Crippen LogP contribution in [0.2, 0.25) is 0 Å². The van der Waals surface area contributed by atoms with Gasteiger partial charge in [0.15, 0.2) is 0 Å². The number of halogens is 3. The molecule has 1 N–H and O–H groups in total. The first-order valence-electron chi connectivity index (χ1n) is 9.63. The Bertz CT molecular complexity index is 477. The first kappa shape index (κ1) is 27.1. The van der Waals surface area contributed by atoms with Gasteiger partial charge in [-0.3, -0.25) is 4.79 Å².